The average molecular weight is 395 g/mol. The number of nitrogens with one attached hydrogen (secondary N) is 2. The van der Waals surface area contributed by atoms with Gasteiger partial charge in [0.25, 0.3) is 0 Å². The second-order valence-electron chi connectivity index (χ2n) is 7.63. The number of piperidine rings is 1. The molecule has 0 aromatic heterocycles. The van der Waals surface area contributed by atoms with Crippen LogP contribution in [0.4, 0.5) is 13.2 Å². The van der Waals surface area contributed by atoms with Crippen molar-refractivity contribution < 1.29 is 17.9 Å². The van der Waals surface area contributed by atoms with Crippen LogP contribution in [0.25, 0.3) is 0 Å². The van der Waals surface area contributed by atoms with Gasteiger partial charge < -0.3 is 15.4 Å². The molecule has 0 atom stereocenters. The molecule has 5 nitrogen and oxygen atoms in total. The van der Waals surface area contributed by atoms with E-state index in [2.05, 4.69) is 29.5 Å². The summed E-state index contributed by atoms with van der Waals surface area (Å²) in [4.78, 5) is 6.06. The Bertz CT molecular complexity index is 408. The van der Waals surface area contributed by atoms with Crippen LogP contribution in [0, 0.1) is 11.8 Å². The first kappa shape index (κ1) is 24.0. The van der Waals surface area contributed by atoms with Crippen molar-refractivity contribution in [2.75, 3.05) is 52.5 Å². The zero-order chi connectivity index (χ0) is 20.1. The Labute approximate surface area is 162 Å². The summed E-state index contributed by atoms with van der Waals surface area (Å²) in [6.45, 7) is 10.4. The lowest BCUT2D eigenvalue weighted by Gasteiger charge is -2.32. The molecule has 1 rings (SSSR count). The lowest BCUT2D eigenvalue weighted by Crippen LogP contribution is -2.41. The van der Waals surface area contributed by atoms with Crippen molar-refractivity contribution in [1.29, 1.82) is 0 Å². The van der Waals surface area contributed by atoms with Crippen LogP contribution in [0.2, 0.25) is 0 Å². The summed E-state index contributed by atoms with van der Waals surface area (Å²) >= 11 is 0. The summed E-state index contributed by atoms with van der Waals surface area (Å²) in [5, 5.41) is 6.56. The first-order chi connectivity index (χ1) is 12.8. The van der Waals surface area contributed by atoms with Gasteiger partial charge in [0.15, 0.2) is 5.96 Å². The van der Waals surface area contributed by atoms with Gasteiger partial charge in [-0.2, -0.15) is 13.2 Å². The number of guanidine groups is 1. The van der Waals surface area contributed by atoms with E-state index >= 15 is 0 Å². The van der Waals surface area contributed by atoms with Crippen LogP contribution < -0.4 is 10.6 Å². The first-order valence-electron chi connectivity index (χ1n) is 10.2. The first-order valence-corrected chi connectivity index (χ1v) is 10.2. The van der Waals surface area contributed by atoms with Crippen molar-refractivity contribution in [3.05, 3.63) is 0 Å². The second-order valence-corrected chi connectivity index (χ2v) is 7.63. The van der Waals surface area contributed by atoms with Gasteiger partial charge in [-0.3, -0.25) is 9.89 Å². The molecule has 8 heteroatoms. The minimum absolute atomic E-state index is 0.481. The fourth-order valence-electron chi connectivity index (χ4n) is 3.10. The Hall–Kier alpha value is -1.02. The molecule has 1 saturated heterocycles. The van der Waals surface area contributed by atoms with Crippen LogP contribution in [0.5, 0.6) is 0 Å². The molecule has 0 unspecified atom stereocenters. The van der Waals surface area contributed by atoms with Crippen molar-refractivity contribution in [2.45, 2.75) is 52.6 Å². The van der Waals surface area contributed by atoms with E-state index in [-0.39, 0.29) is 0 Å². The normalized spacial score (nSPS) is 17.5. The Morgan fingerprint density at radius 3 is 2.52 bits per heavy atom. The molecule has 2 N–H and O–H groups in total. The van der Waals surface area contributed by atoms with Crippen molar-refractivity contribution >= 4 is 5.96 Å². The van der Waals surface area contributed by atoms with Gasteiger partial charge in [-0.1, -0.05) is 13.8 Å². The van der Waals surface area contributed by atoms with E-state index in [0.717, 1.165) is 57.9 Å². The molecule has 27 heavy (non-hydrogen) atoms. The maximum atomic E-state index is 12.4. The topological polar surface area (TPSA) is 48.9 Å². The third kappa shape index (κ3) is 12.9. The van der Waals surface area contributed by atoms with Crippen LogP contribution in [-0.4, -0.2) is 69.5 Å². The molecular weight excluding hydrogens is 357 g/mol. The fraction of sp³-hybridized carbons (Fsp3) is 0.947. The van der Waals surface area contributed by atoms with Gasteiger partial charge in [0.1, 0.15) is 0 Å². The molecule has 0 aromatic rings. The Balaban J connectivity index is 2.18. The molecule has 0 radical (unpaired) electrons. The standard InChI is InChI=1S/C19H37F3N4O/c1-4-23-18(24-9-5-13-27-14-16(2)3)25-10-6-17-7-11-26(12-8-17)15-19(20,21)22/h16-17H,4-15H2,1-3H3,(H2,23,24,25). The maximum absolute atomic E-state index is 12.4. The van der Waals surface area contributed by atoms with Crippen molar-refractivity contribution in [3.63, 3.8) is 0 Å². The van der Waals surface area contributed by atoms with Gasteiger partial charge in [-0.25, -0.2) is 0 Å². The molecule has 0 bridgehead atoms. The van der Waals surface area contributed by atoms with Crippen LogP contribution in [0.15, 0.2) is 4.99 Å². The van der Waals surface area contributed by atoms with Gasteiger partial charge in [-0.05, 0) is 57.5 Å². The number of aliphatic imine (C=N–C) groups is 1. The SMILES string of the molecule is CCNC(=NCCCOCC(C)C)NCCC1CCN(CC(F)(F)F)CC1. The molecule has 0 spiro atoms. The Morgan fingerprint density at radius 2 is 1.93 bits per heavy atom. The highest BCUT2D eigenvalue weighted by Crippen LogP contribution is 2.23. The minimum atomic E-state index is -4.09. The molecule has 1 aliphatic heterocycles. The fourth-order valence-corrected chi connectivity index (χ4v) is 3.10. The average Bonchev–Trinajstić information content (AvgIpc) is 2.58. The third-order valence-electron chi connectivity index (χ3n) is 4.47. The van der Waals surface area contributed by atoms with Gasteiger partial charge >= 0.3 is 6.18 Å². The van der Waals surface area contributed by atoms with Crippen molar-refractivity contribution in [1.82, 2.24) is 15.5 Å². The summed E-state index contributed by atoms with van der Waals surface area (Å²) in [6, 6.07) is 0. The molecule has 1 heterocycles. The lowest BCUT2D eigenvalue weighted by molar-refractivity contribution is -0.148. The molecule has 0 saturated carbocycles. The van der Waals surface area contributed by atoms with Crippen molar-refractivity contribution in [3.8, 4) is 0 Å². The van der Waals surface area contributed by atoms with Crippen LogP contribution in [0.1, 0.15) is 46.5 Å². The van der Waals surface area contributed by atoms with Gasteiger partial charge in [0, 0.05) is 32.8 Å². The van der Waals surface area contributed by atoms with E-state index in [9.17, 15) is 13.2 Å². The van der Waals surface area contributed by atoms with E-state index in [4.69, 9.17) is 4.74 Å². The quantitative estimate of drug-likeness (QED) is 0.321. The predicted molar refractivity (Wildman–Crippen MR) is 104 cm³/mol. The number of halogens is 3. The van der Waals surface area contributed by atoms with Crippen LogP contribution in [-0.2, 0) is 4.74 Å². The largest absolute Gasteiger partial charge is 0.401 e. The molecule has 0 aromatic carbocycles. The lowest BCUT2D eigenvalue weighted by atomic mass is 9.93. The van der Waals surface area contributed by atoms with Gasteiger partial charge in [0.2, 0.25) is 0 Å². The van der Waals surface area contributed by atoms with Crippen LogP contribution >= 0.6 is 0 Å². The molecule has 1 aliphatic rings. The van der Waals surface area contributed by atoms with E-state index in [1.165, 1.54) is 4.90 Å². The van der Waals surface area contributed by atoms with Crippen molar-refractivity contribution in [2.24, 2.45) is 16.8 Å². The van der Waals surface area contributed by atoms with Crippen LogP contribution in [0.3, 0.4) is 0 Å². The highest BCUT2D eigenvalue weighted by atomic mass is 19.4. The number of ether oxygens (including phenoxy) is 1. The second kappa shape index (κ2) is 13.2. The molecular formula is C19H37F3N4O. The van der Waals surface area contributed by atoms with E-state index in [1.54, 1.807) is 0 Å². The highest BCUT2D eigenvalue weighted by molar-refractivity contribution is 5.79. The minimum Gasteiger partial charge on any atom is -0.381 e. The number of hydrogen-bond donors (Lipinski definition) is 2. The molecule has 0 aliphatic carbocycles. The third-order valence-corrected chi connectivity index (χ3v) is 4.47. The Morgan fingerprint density at radius 1 is 1.22 bits per heavy atom. The number of rotatable bonds is 11. The van der Waals surface area contributed by atoms with Gasteiger partial charge in [-0.15, -0.1) is 0 Å². The number of nitrogens with zero attached hydrogens (tertiary/aromatic N) is 2. The van der Waals surface area contributed by atoms with E-state index < -0.39 is 12.7 Å². The molecule has 1 fully saturated rings. The number of likely N-dealkylation sites (tertiary alicyclic amines) is 1. The van der Waals surface area contributed by atoms with E-state index in [0.29, 0.717) is 31.5 Å². The highest BCUT2D eigenvalue weighted by Gasteiger charge is 2.32. The number of alkyl halides is 3. The van der Waals surface area contributed by atoms with E-state index in [1.807, 2.05) is 6.92 Å². The summed E-state index contributed by atoms with van der Waals surface area (Å²) in [5.41, 5.74) is 0. The monoisotopic (exact) mass is 394 g/mol. The summed E-state index contributed by atoms with van der Waals surface area (Å²) in [5.74, 6) is 1.83. The zero-order valence-electron chi connectivity index (χ0n) is 17.1. The zero-order valence-corrected chi connectivity index (χ0v) is 17.1. The summed E-state index contributed by atoms with van der Waals surface area (Å²) < 4.78 is 42.8. The number of hydrogen-bond acceptors (Lipinski definition) is 3. The molecule has 160 valence electrons. The maximum Gasteiger partial charge on any atom is 0.401 e. The summed E-state index contributed by atoms with van der Waals surface area (Å²) in [7, 11) is 0. The molecule has 0 amide bonds. The Kier molecular flexibility index (Phi) is 11.7. The summed E-state index contributed by atoms with van der Waals surface area (Å²) in [6.07, 6.45) is -0.578. The smallest absolute Gasteiger partial charge is 0.381 e. The van der Waals surface area contributed by atoms with Gasteiger partial charge in [0.05, 0.1) is 6.54 Å². The predicted octanol–water partition coefficient (Wildman–Crippen LogP) is 3.27.